The third-order valence-electron chi connectivity index (χ3n) is 5.78. The van der Waals surface area contributed by atoms with E-state index in [1.165, 1.54) is 4.90 Å². The minimum absolute atomic E-state index is 0.153. The molecular formula is C21H29N6O3+. The monoisotopic (exact) mass is 413 g/mol. The average Bonchev–Trinajstić information content (AvgIpc) is 3.19. The van der Waals surface area contributed by atoms with Crippen molar-refractivity contribution in [2.45, 2.75) is 51.3 Å². The number of hydrogen-bond donors (Lipinski definition) is 3. The highest BCUT2D eigenvalue weighted by Crippen LogP contribution is 2.24. The number of nitrogens with one attached hydrogen (secondary N) is 2. The van der Waals surface area contributed by atoms with Gasteiger partial charge in [0.25, 0.3) is 5.56 Å². The molecule has 1 atom stereocenters. The molecule has 1 aromatic carbocycles. The number of likely N-dealkylation sites (tertiary alicyclic amines) is 1. The highest BCUT2D eigenvalue weighted by Gasteiger charge is 2.38. The quantitative estimate of drug-likeness (QED) is 0.571. The predicted molar refractivity (Wildman–Crippen MR) is 112 cm³/mol. The Balaban J connectivity index is 1.89. The number of benzene rings is 1. The van der Waals surface area contributed by atoms with E-state index in [4.69, 9.17) is 4.74 Å². The zero-order chi connectivity index (χ0) is 21.5. The number of aromatic amines is 1. The number of aliphatic hydroxyl groups is 1. The van der Waals surface area contributed by atoms with Gasteiger partial charge in [-0.3, -0.25) is 4.79 Å². The van der Waals surface area contributed by atoms with Crippen LogP contribution in [0.15, 0.2) is 29.1 Å². The summed E-state index contributed by atoms with van der Waals surface area (Å²) in [6.45, 7) is 7.58. The lowest BCUT2D eigenvalue weighted by Gasteiger charge is -2.33. The molecule has 3 N–H and O–H groups in total. The van der Waals surface area contributed by atoms with Crippen LogP contribution in [-0.4, -0.2) is 56.6 Å². The topological polar surface area (TPSA) is 110 Å². The summed E-state index contributed by atoms with van der Waals surface area (Å²) in [6.07, 6.45) is 1.07. The second-order valence-corrected chi connectivity index (χ2v) is 8.95. The second kappa shape index (κ2) is 7.81. The van der Waals surface area contributed by atoms with Crippen molar-refractivity contribution in [1.82, 2.24) is 25.2 Å². The lowest BCUT2D eigenvalue weighted by molar-refractivity contribution is -0.932. The van der Waals surface area contributed by atoms with E-state index in [1.807, 2.05) is 45.0 Å². The van der Waals surface area contributed by atoms with Crippen molar-refractivity contribution in [2.75, 3.05) is 20.2 Å². The van der Waals surface area contributed by atoms with Crippen LogP contribution in [0.1, 0.15) is 51.0 Å². The summed E-state index contributed by atoms with van der Waals surface area (Å²) < 4.78 is 7.15. The van der Waals surface area contributed by atoms with Crippen molar-refractivity contribution in [3.8, 4) is 5.75 Å². The van der Waals surface area contributed by atoms with E-state index in [0.29, 0.717) is 24.2 Å². The van der Waals surface area contributed by atoms with Gasteiger partial charge in [-0.2, -0.15) is 0 Å². The van der Waals surface area contributed by atoms with Gasteiger partial charge in [0, 0.05) is 23.7 Å². The van der Waals surface area contributed by atoms with Crippen molar-refractivity contribution < 1.29 is 14.7 Å². The predicted octanol–water partition coefficient (Wildman–Crippen LogP) is 0.407. The molecular weight excluding hydrogens is 384 g/mol. The largest absolute Gasteiger partial charge is 0.497 e. The average molecular weight is 414 g/mol. The number of aromatic nitrogens is 5. The molecule has 4 rings (SSSR count). The van der Waals surface area contributed by atoms with Gasteiger partial charge in [0.1, 0.15) is 5.75 Å². The van der Waals surface area contributed by atoms with Crippen molar-refractivity contribution in [1.29, 1.82) is 0 Å². The third-order valence-corrected chi connectivity index (χ3v) is 5.78. The molecule has 0 unspecified atom stereocenters. The first-order chi connectivity index (χ1) is 14.3. The molecule has 1 aliphatic heterocycles. The van der Waals surface area contributed by atoms with Crippen LogP contribution in [0.5, 0.6) is 5.75 Å². The van der Waals surface area contributed by atoms with Gasteiger partial charge in [0.05, 0.1) is 37.4 Å². The Morgan fingerprint density at radius 3 is 2.67 bits per heavy atom. The molecule has 0 amide bonds. The van der Waals surface area contributed by atoms with Crippen LogP contribution in [0, 0.1) is 0 Å². The van der Waals surface area contributed by atoms with Crippen LogP contribution < -0.4 is 15.2 Å². The van der Waals surface area contributed by atoms with Crippen molar-refractivity contribution in [2.24, 2.45) is 0 Å². The van der Waals surface area contributed by atoms with E-state index in [0.717, 1.165) is 29.7 Å². The number of methoxy groups -OCH3 is 1. The van der Waals surface area contributed by atoms with Crippen molar-refractivity contribution in [3.63, 3.8) is 0 Å². The molecule has 30 heavy (non-hydrogen) atoms. The Bertz CT molecular complexity index is 1090. The third kappa shape index (κ3) is 3.82. The summed E-state index contributed by atoms with van der Waals surface area (Å²) in [5.41, 5.74) is 0.878. The number of nitrogens with zero attached hydrogens (tertiary/aromatic N) is 4. The van der Waals surface area contributed by atoms with Crippen molar-refractivity contribution in [3.05, 3.63) is 46.0 Å². The first-order valence-electron chi connectivity index (χ1n) is 10.3. The molecule has 0 bridgehead atoms. The summed E-state index contributed by atoms with van der Waals surface area (Å²) in [5.74, 6) is 1.38. The standard InChI is InChI=1S/C21H28N6O3/c1-21(2,3)27-19(23-24-25-27)18(26-9-7-14(28)8-10-26)16-12-13-11-15(30-4)5-6-17(13)22-20(16)29/h5-6,11-12,14,18,28H,7-10H2,1-4H3,(H,22,29)/p+1/t18-/m1/s1. The molecule has 3 aromatic rings. The van der Waals surface area contributed by atoms with E-state index < -0.39 is 0 Å². The van der Waals surface area contributed by atoms with Gasteiger partial charge in [0.2, 0.25) is 5.82 Å². The molecule has 1 aliphatic rings. The molecule has 0 spiro atoms. The molecule has 9 heteroatoms. The highest BCUT2D eigenvalue weighted by atomic mass is 16.5. The van der Waals surface area contributed by atoms with Crippen LogP contribution >= 0.6 is 0 Å². The van der Waals surface area contributed by atoms with Crippen molar-refractivity contribution >= 4 is 10.9 Å². The first-order valence-corrected chi connectivity index (χ1v) is 10.3. The number of hydrogen-bond acceptors (Lipinski definition) is 6. The van der Waals surface area contributed by atoms with Gasteiger partial charge in [-0.05, 0) is 55.5 Å². The molecule has 0 radical (unpaired) electrons. The first kappa shape index (κ1) is 20.5. The van der Waals surface area contributed by atoms with Crippen LogP contribution in [0.2, 0.25) is 0 Å². The summed E-state index contributed by atoms with van der Waals surface area (Å²) in [5, 5.41) is 23.4. The molecule has 160 valence electrons. The molecule has 3 heterocycles. The summed E-state index contributed by atoms with van der Waals surface area (Å²) in [7, 11) is 1.62. The van der Waals surface area contributed by atoms with E-state index in [2.05, 4.69) is 20.5 Å². The molecule has 2 aromatic heterocycles. The van der Waals surface area contributed by atoms with E-state index in [1.54, 1.807) is 11.8 Å². The molecule has 9 nitrogen and oxygen atoms in total. The minimum atomic E-state index is -0.342. The number of pyridine rings is 1. The maximum absolute atomic E-state index is 13.2. The maximum Gasteiger partial charge on any atom is 0.258 e. The molecule has 1 fully saturated rings. The highest BCUT2D eigenvalue weighted by molar-refractivity contribution is 5.80. The number of fused-ring (bicyclic) bond motifs is 1. The van der Waals surface area contributed by atoms with Crippen LogP contribution in [0.3, 0.4) is 0 Å². The summed E-state index contributed by atoms with van der Waals surface area (Å²) >= 11 is 0. The number of aliphatic hydroxyl groups excluding tert-OH is 1. The lowest BCUT2D eigenvalue weighted by atomic mass is 9.98. The van der Waals surface area contributed by atoms with Crippen LogP contribution in [0.25, 0.3) is 10.9 Å². The molecule has 1 saturated heterocycles. The van der Waals surface area contributed by atoms with Crippen LogP contribution in [-0.2, 0) is 5.54 Å². The minimum Gasteiger partial charge on any atom is -0.497 e. The van der Waals surface area contributed by atoms with Gasteiger partial charge < -0.3 is 19.7 Å². The van der Waals surface area contributed by atoms with Gasteiger partial charge in [0.15, 0.2) is 6.04 Å². The Morgan fingerprint density at radius 2 is 2.00 bits per heavy atom. The number of quaternary nitrogens is 1. The van der Waals surface area contributed by atoms with E-state index >= 15 is 0 Å². The Kier molecular flexibility index (Phi) is 5.33. The number of tetrazole rings is 1. The van der Waals surface area contributed by atoms with Gasteiger partial charge in [-0.15, -0.1) is 5.10 Å². The smallest absolute Gasteiger partial charge is 0.258 e. The maximum atomic E-state index is 13.2. The van der Waals surface area contributed by atoms with E-state index in [9.17, 15) is 9.90 Å². The Morgan fingerprint density at radius 1 is 1.27 bits per heavy atom. The number of ether oxygens (including phenoxy) is 1. The van der Waals surface area contributed by atoms with Gasteiger partial charge in [-0.1, -0.05) is 0 Å². The van der Waals surface area contributed by atoms with E-state index in [-0.39, 0.29) is 23.2 Å². The molecule has 0 aliphatic carbocycles. The molecule has 0 saturated carbocycles. The Hall–Kier alpha value is -2.78. The summed E-state index contributed by atoms with van der Waals surface area (Å²) in [4.78, 5) is 17.3. The fraction of sp³-hybridized carbons (Fsp3) is 0.524. The normalized spacial score (nSPS) is 21.0. The zero-order valence-electron chi connectivity index (χ0n) is 17.8. The fourth-order valence-electron chi connectivity index (χ4n) is 4.20. The zero-order valence-corrected chi connectivity index (χ0v) is 17.8. The fourth-order valence-corrected chi connectivity index (χ4v) is 4.20. The van der Waals surface area contributed by atoms with Crippen LogP contribution in [0.4, 0.5) is 0 Å². The SMILES string of the molecule is COc1ccc2[nH]c(=O)c([C@H](c3nnnn3C(C)(C)C)[NH+]3CCC(O)CC3)cc2c1. The number of rotatable bonds is 4. The van der Waals surface area contributed by atoms with Gasteiger partial charge in [-0.25, -0.2) is 4.68 Å². The Labute approximate surface area is 174 Å². The summed E-state index contributed by atoms with van der Waals surface area (Å²) in [6, 6.07) is 7.16. The number of piperidine rings is 1. The number of H-pyrrole nitrogens is 1. The lowest BCUT2D eigenvalue weighted by Crippen LogP contribution is -3.14. The second-order valence-electron chi connectivity index (χ2n) is 8.95. The van der Waals surface area contributed by atoms with Gasteiger partial charge >= 0.3 is 0 Å².